The first-order valence-electron chi connectivity index (χ1n) is 3.90. The molecule has 0 saturated carbocycles. The summed E-state index contributed by atoms with van der Waals surface area (Å²) in [6, 6.07) is 7.87. The third-order valence-corrected chi connectivity index (χ3v) is 1.21. The van der Waals surface area contributed by atoms with Gasteiger partial charge in [-0.3, -0.25) is 0 Å². The van der Waals surface area contributed by atoms with Crippen LogP contribution >= 0.6 is 0 Å². The van der Waals surface area contributed by atoms with Crippen molar-refractivity contribution in [1.29, 1.82) is 5.41 Å². The average Bonchev–Trinajstić information content (AvgIpc) is 2.08. The molecule has 0 atom stereocenters. The first-order valence-corrected chi connectivity index (χ1v) is 3.90. The molecule has 0 aliphatic heterocycles. The first-order chi connectivity index (χ1) is 5.33. The fourth-order valence-corrected chi connectivity index (χ4v) is 0.760. The second-order valence-corrected chi connectivity index (χ2v) is 2.06. The first kappa shape index (κ1) is 13.4. The number of hydrogen-bond donors (Lipinski definition) is 2. The molecule has 4 N–H and O–H groups in total. The van der Waals surface area contributed by atoms with Crippen molar-refractivity contribution in [3.05, 3.63) is 35.4 Å². The smallest absolute Gasteiger partial charge is 0.0250 e. The van der Waals surface area contributed by atoms with Crippen LogP contribution in [0.4, 0.5) is 0 Å². The number of aryl methyl sites for hydroxylation is 1. The van der Waals surface area contributed by atoms with E-state index in [2.05, 4.69) is 0 Å². The van der Waals surface area contributed by atoms with Gasteiger partial charge in [-0.1, -0.05) is 43.7 Å². The van der Waals surface area contributed by atoms with E-state index in [0.717, 1.165) is 5.56 Å². The van der Waals surface area contributed by atoms with Crippen molar-refractivity contribution in [2.24, 2.45) is 0 Å². The van der Waals surface area contributed by atoms with Crippen molar-refractivity contribution >= 4 is 6.21 Å². The molecule has 0 heterocycles. The van der Waals surface area contributed by atoms with E-state index in [1.165, 1.54) is 11.8 Å². The van der Waals surface area contributed by atoms with Gasteiger partial charge in [0.2, 0.25) is 0 Å². The molecule has 2 heteroatoms. The molecule has 68 valence electrons. The zero-order chi connectivity index (χ0) is 8.69. The van der Waals surface area contributed by atoms with Gasteiger partial charge in [0.15, 0.2) is 0 Å². The van der Waals surface area contributed by atoms with Gasteiger partial charge in [-0.15, -0.1) is 0 Å². The Bertz CT molecular complexity index is 219. The van der Waals surface area contributed by atoms with Gasteiger partial charge in [-0.25, -0.2) is 0 Å². The van der Waals surface area contributed by atoms with E-state index >= 15 is 0 Å². The van der Waals surface area contributed by atoms with Crippen LogP contribution in [0.5, 0.6) is 0 Å². The molecule has 0 saturated heterocycles. The third-order valence-electron chi connectivity index (χ3n) is 1.21. The van der Waals surface area contributed by atoms with E-state index in [1.54, 1.807) is 0 Å². The van der Waals surface area contributed by atoms with Crippen LogP contribution in [-0.4, -0.2) is 6.21 Å². The van der Waals surface area contributed by atoms with Crippen LogP contribution in [0, 0.1) is 12.3 Å². The van der Waals surface area contributed by atoms with E-state index in [4.69, 9.17) is 5.41 Å². The van der Waals surface area contributed by atoms with Crippen LogP contribution in [0.25, 0.3) is 0 Å². The molecule has 0 spiro atoms. The Kier molecular flexibility index (Phi) is 8.91. The highest BCUT2D eigenvalue weighted by molar-refractivity contribution is 5.76. The Morgan fingerprint density at radius 1 is 1.25 bits per heavy atom. The quantitative estimate of drug-likeness (QED) is 0.618. The molecular weight excluding hydrogens is 148 g/mol. The fourth-order valence-electron chi connectivity index (χ4n) is 0.760. The van der Waals surface area contributed by atoms with E-state index in [-0.39, 0.29) is 6.15 Å². The average molecular weight is 166 g/mol. The molecule has 0 fully saturated rings. The van der Waals surface area contributed by atoms with Crippen LogP contribution in [0.1, 0.15) is 25.0 Å². The molecule has 1 aromatic rings. The summed E-state index contributed by atoms with van der Waals surface area (Å²) in [4.78, 5) is 0. The van der Waals surface area contributed by atoms with Crippen molar-refractivity contribution in [3.8, 4) is 0 Å². The fraction of sp³-hybridized carbons (Fsp3) is 0.300. The lowest BCUT2D eigenvalue weighted by Gasteiger charge is -1.91. The van der Waals surface area contributed by atoms with Crippen molar-refractivity contribution in [3.63, 3.8) is 0 Å². The molecule has 0 radical (unpaired) electrons. The maximum absolute atomic E-state index is 6.92. The van der Waals surface area contributed by atoms with Gasteiger partial charge in [-0.2, -0.15) is 0 Å². The van der Waals surface area contributed by atoms with E-state index in [9.17, 15) is 0 Å². The number of benzene rings is 1. The Morgan fingerprint density at radius 3 is 2.17 bits per heavy atom. The van der Waals surface area contributed by atoms with Crippen molar-refractivity contribution in [2.45, 2.75) is 20.8 Å². The summed E-state index contributed by atoms with van der Waals surface area (Å²) in [6.45, 7) is 6.02. The normalized spacial score (nSPS) is 7.25. The maximum atomic E-state index is 6.92. The Balaban J connectivity index is 0. The highest BCUT2D eigenvalue weighted by Crippen LogP contribution is 1.99. The summed E-state index contributed by atoms with van der Waals surface area (Å²) in [6.07, 6.45) is 1.35. The minimum Gasteiger partial charge on any atom is -0.344 e. The summed E-state index contributed by atoms with van der Waals surface area (Å²) >= 11 is 0. The maximum Gasteiger partial charge on any atom is 0.0250 e. The van der Waals surface area contributed by atoms with Crippen molar-refractivity contribution in [1.82, 2.24) is 6.15 Å². The van der Waals surface area contributed by atoms with Crippen LogP contribution in [0.15, 0.2) is 24.3 Å². The molecule has 0 bridgehead atoms. The van der Waals surface area contributed by atoms with Crippen LogP contribution in [0.2, 0.25) is 0 Å². The van der Waals surface area contributed by atoms with Crippen LogP contribution in [0.3, 0.4) is 0 Å². The van der Waals surface area contributed by atoms with Crippen LogP contribution < -0.4 is 6.15 Å². The molecule has 1 aromatic carbocycles. The predicted octanol–water partition coefficient (Wildman–Crippen LogP) is 3.18. The number of nitrogens with one attached hydrogen (secondary N) is 1. The zero-order valence-electron chi connectivity index (χ0n) is 8.09. The lowest BCUT2D eigenvalue weighted by molar-refractivity contribution is 1.45. The second-order valence-electron chi connectivity index (χ2n) is 2.06. The summed E-state index contributed by atoms with van der Waals surface area (Å²) < 4.78 is 0. The summed E-state index contributed by atoms with van der Waals surface area (Å²) in [5.41, 5.74) is 2.17. The highest BCUT2D eigenvalue weighted by atomic mass is 14.3. The minimum atomic E-state index is 0. The monoisotopic (exact) mass is 166 g/mol. The number of hydrogen-bond acceptors (Lipinski definition) is 2. The molecule has 0 aromatic heterocycles. The predicted molar refractivity (Wildman–Crippen MR) is 55.4 cm³/mol. The minimum absolute atomic E-state index is 0. The molecule has 1 rings (SSSR count). The molecule has 12 heavy (non-hydrogen) atoms. The lowest BCUT2D eigenvalue weighted by atomic mass is 10.2. The van der Waals surface area contributed by atoms with E-state index < -0.39 is 0 Å². The van der Waals surface area contributed by atoms with Gasteiger partial charge in [-0.05, 0) is 12.5 Å². The van der Waals surface area contributed by atoms with Gasteiger partial charge in [0.05, 0.1) is 0 Å². The molecular formula is C10H18N2. The largest absolute Gasteiger partial charge is 0.344 e. The van der Waals surface area contributed by atoms with E-state index in [0.29, 0.717) is 0 Å². The summed E-state index contributed by atoms with van der Waals surface area (Å²) in [5, 5.41) is 6.92. The van der Waals surface area contributed by atoms with E-state index in [1.807, 2.05) is 45.0 Å². The Hall–Kier alpha value is -1.15. The Labute approximate surface area is 74.7 Å². The van der Waals surface area contributed by atoms with Gasteiger partial charge in [0, 0.05) is 6.21 Å². The highest BCUT2D eigenvalue weighted by Gasteiger charge is 1.84. The Morgan fingerprint density at radius 2 is 1.83 bits per heavy atom. The lowest BCUT2D eigenvalue weighted by Crippen LogP contribution is -1.78. The van der Waals surface area contributed by atoms with Gasteiger partial charge in [0.25, 0.3) is 0 Å². The molecule has 2 nitrogen and oxygen atoms in total. The zero-order valence-corrected chi connectivity index (χ0v) is 8.09. The molecule has 0 unspecified atom stereocenters. The van der Waals surface area contributed by atoms with Gasteiger partial charge in [0.1, 0.15) is 0 Å². The second kappa shape index (κ2) is 7.95. The summed E-state index contributed by atoms with van der Waals surface area (Å²) in [5.74, 6) is 0. The SMILES string of the molecule is CC.Cc1cccc(C=N)c1.N. The van der Waals surface area contributed by atoms with Crippen molar-refractivity contribution < 1.29 is 0 Å². The van der Waals surface area contributed by atoms with Gasteiger partial charge >= 0.3 is 0 Å². The molecule has 0 aliphatic rings. The standard InChI is InChI=1S/C8H9N.C2H6.H3N/c1-7-3-2-4-8(5-7)6-9;1-2;/h2-6,9H,1H3;1-2H3;1H3. The summed E-state index contributed by atoms with van der Waals surface area (Å²) in [7, 11) is 0. The van der Waals surface area contributed by atoms with Gasteiger partial charge < -0.3 is 11.6 Å². The number of rotatable bonds is 1. The van der Waals surface area contributed by atoms with Crippen molar-refractivity contribution in [2.75, 3.05) is 0 Å². The molecule has 0 amide bonds. The van der Waals surface area contributed by atoms with Crippen LogP contribution in [-0.2, 0) is 0 Å². The molecule has 0 aliphatic carbocycles. The third kappa shape index (κ3) is 4.63. The topological polar surface area (TPSA) is 58.9 Å².